The van der Waals surface area contributed by atoms with Gasteiger partial charge in [-0.25, -0.2) is 8.42 Å². The number of rotatable bonds is 3. The lowest BCUT2D eigenvalue weighted by molar-refractivity contribution is -0.122. The van der Waals surface area contributed by atoms with Crippen LogP contribution in [0.25, 0.3) is 0 Å². The molecule has 2 fully saturated rings. The molecule has 0 aliphatic carbocycles. The van der Waals surface area contributed by atoms with E-state index >= 15 is 0 Å². The first-order valence-electron chi connectivity index (χ1n) is 8.84. The van der Waals surface area contributed by atoms with Crippen molar-refractivity contribution in [2.24, 2.45) is 5.41 Å². The molecular weight excluding hydrogens is 406 g/mol. The number of carbonyl (C=O) groups is 1. The lowest BCUT2D eigenvalue weighted by Gasteiger charge is -2.53. The lowest BCUT2D eigenvalue weighted by atomic mass is 9.69. The minimum Gasteiger partial charge on any atom is -0.483 e. The van der Waals surface area contributed by atoms with Crippen molar-refractivity contribution in [3.63, 3.8) is 0 Å². The van der Waals surface area contributed by atoms with Gasteiger partial charge in [0, 0.05) is 24.5 Å². The Bertz CT molecular complexity index is 857. The smallest absolute Gasteiger partial charge is 0.290 e. The molecule has 0 amide bonds. The van der Waals surface area contributed by atoms with Crippen LogP contribution in [0.2, 0.25) is 5.02 Å². The first-order valence-corrected chi connectivity index (χ1v) is 10.7. The van der Waals surface area contributed by atoms with E-state index in [1.807, 2.05) is 13.1 Å². The molecule has 2 heterocycles. The van der Waals surface area contributed by atoms with E-state index in [0.29, 0.717) is 25.1 Å². The largest absolute Gasteiger partial charge is 0.483 e. The summed E-state index contributed by atoms with van der Waals surface area (Å²) < 4.78 is 27.6. The number of likely N-dealkylation sites (N-methyl/N-ethyl adjacent to an activating group) is 1. The monoisotopic (exact) mass is 429 g/mol. The van der Waals surface area contributed by atoms with Crippen LogP contribution in [0.4, 0.5) is 0 Å². The molecular formula is C18H24ClN3O5S. The molecule has 10 heteroatoms. The van der Waals surface area contributed by atoms with Crippen molar-refractivity contribution >= 4 is 28.1 Å². The number of carboxylic acid groups (broad SMARTS) is 1. The van der Waals surface area contributed by atoms with Gasteiger partial charge in [0.15, 0.2) is 0 Å². The number of hydrogen-bond acceptors (Lipinski definition) is 6. The van der Waals surface area contributed by atoms with Crippen molar-refractivity contribution in [2.45, 2.75) is 30.2 Å². The van der Waals surface area contributed by atoms with Crippen molar-refractivity contribution in [1.82, 2.24) is 9.21 Å². The number of likely N-dealkylation sites (tertiary alicyclic amines) is 1. The number of aliphatic hydroxyl groups excluding tert-OH is 1. The van der Waals surface area contributed by atoms with E-state index in [0.717, 1.165) is 19.4 Å². The summed E-state index contributed by atoms with van der Waals surface area (Å²) >= 11 is 6.13. The highest BCUT2D eigenvalue weighted by molar-refractivity contribution is 7.89. The first kappa shape index (κ1) is 22.6. The standard InChI is InChI=1S/C17H22ClN3O3S.CH2O2/c1-20-7-2-5-17(12-22)6-8-21(11-16(17)20)25(23,24)15-4-3-13(10-19)9-14(15)18;2-1-3/h3-4,9,16,22H,2,5-8,11-12H2,1H3;1H,(H,2,3)/t16-,17-;/m1./s1. The number of fused-ring (bicyclic) bond motifs is 1. The molecule has 1 aromatic carbocycles. The summed E-state index contributed by atoms with van der Waals surface area (Å²) in [5.74, 6) is 0. The fourth-order valence-corrected chi connectivity index (χ4v) is 6.09. The van der Waals surface area contributed by atoms with Gasteiger partial charge in [0.05, 0.1) is 23.3 Å². The summed E-state index contributed by atoms with van der Waals surface area (Å²) in [5, 5.41) is 25.8. The third-order valence-corrected chi connectivity index (χ3v) is 8.00. The van der Waals surface area contributed by atoms with Crippen LogP contribution < -0.4 is 0 Å². The Hall–Kier alpha value is -1.70. The Balaban J connectivity index is 0.000000878. The Morgan fingerprint density at radius 2 is 2.07 bits per heavy atom. The van der Waals surface area contributed by atoms with Gasteiger partial charge in [0.1, 0.15) is 4.90 Å². The Morgan fingerprint density at radius 1 is 1.39 bits per heavy atom. The van der Waals surface area contributed by atoms with E-state index in [1.54, 1.807) is 0 Å². The van der Waals surface area contributed by atoms with Gasteiger partial charge in [-0.1, -0.05) is 11.6 Å². The van der Waals surface area contributed by atoms with Crippen molar-refractivity contribution in [1.29, 1.82) is 5.26 Å². The molecule has 1 aromatic rings. The average molecular weight is 430 g/mol. The Kier molecular flexibility index (Phi) is 7.42. The molecule has 0 bridgehead atoms. The van der Waals surface area contributed by atoms with E-state index in [1.165, 1.54) is 22.5 Å². The molecule has 8 nitrogen and oxygen atoms in total. The molecule has 0 unspecified atom stereocenters. The second-order valence-corrected chi connectivity index (χ2v) is 9.41. The van der Waals surface area contributed by atoms with Gasteiger partial charge in [0.25, 0.3) is 6.47 Å². The van der Waals surface area contributed by atoms with E-state index in [-0.39, 0.29) is 34.5 Å². The zero-order chi connectivity index (χ0) is 20.9. The van der Waals surface area contributed by atoms with Crippen molar-refractivity contribution in [2.75, 3.05) is 33.3 Å². The summed E-state index contributed by atoms with van der Waals surface area (Å²) in [4.78, 5) is 10.5. The van der Waals surface area contributed by atoms with Gasteiger partial charge in [-0.05, 0) is 51.1 Å². The van der Waals surface area contributed by atoms with Crippen LogP contribution in [-0.4, -0.2) is 73.6 Å². The predicted molar refractivity (Wildman–Crippen MR) is 103 cm³/mol. The van der Waals surface area contributed by atoms with Gasteiger partial charge >= 0.3 is 0 Å². The number of hydrogen-bond donors (Lipinski definition) is 2. The molecule has 2 saturated heterocycles. The Morgan fingerprint density at radius 3 is 2.64 bits per heavy atom. The third kappa shape index (κ3) is 4.31. The van der Waals surface area contributed by atoms with Gasteiger partial charge < -0.3 is 15.1 Å². The SMILES string of the molecule is CN1CCC[C@]2(CO)CCN(S(=O)(=O)c3ccc(C#N)cc3Cl)C[C@@H]12.O=CO. The zero-order valence-corrected chi connectivity index (χ0v) is 17.2. The highest BCUT2D eigenvalue weighted by atomic mass is 35.5. The van der Waals surface area contributed by atoms with Gasteiger partial charge in [-0.2, -0.15) is 9.57 Å². The first-order chi connectivity index (χ1) is 13.3. The number of nitrogens with zero attached hydrogens (tertiary/aromatic N) is 3. The maximum absolute atomic E-state index is 13.1. The molecule has 0 spiro atoms. The normalized spacial score (nSPS) is 25.7. The molecule has 2 aliphatic rings. The third-order valence-electron chi connectivity index (χ3n) is 5.65. The predicted octanol–water partition coefficient (Wildman–Crippen LogP) is 1.38. The zero-order valence-electron chi connectivity index (χ0n) is 15.6. The van der Waals surface area contributed by atoms with Crippen LogP contribution in [-0.2, 0) is 14.8 Å². The fourth-order valence-electron chi connectivity index (χ4n) is 4.13. The van der Waals surface area contributed by atoms with Crippen LogP contribution in [0.15, 0.2) is 23.1 Å². The van der Waals surface area contributed by atoms with Crippen molar-refractivity contribution < 1.29 is 23.4 Å². The van der Waals surface area contributed by atoms with Crippen LogP contribution in [0.1, 0.15) is 24.8 Å². The van der Waals surface area contributed by atoms with Crippen LogP contribution >= 0.6 is 11.6 Å². The van der Waals surface area contributed by atoms with E-state index < -0.39 is 10.0 Å². The molecule has 0 saturated carbocycles. The molecule has 0 aromatic heterocycles. The minimum atomic E-state index is -3.74. The maximum Gasteiger partial charge on any atom is 0.290 e. The van der Waals surface area contributed by atoms with Crippen LogP contribution in [0.5, 0.6) is 0 Å². The highest BCUT2D eigenvalue weighted by Crippen LogP contribution is 2.43. The number of halogens is 1. The average Bonchev–Trinajstić information content (AvgIpc) is 2.68. The molecule has 3 rings (SSSR count). The lowest BCUT2D eigenvalue weighted by Crippen LogP contribution is -2.62. The number of aliphatic hydroxyl groups is 1. The van der Waals surface area contributed by atoms with Crippen molar-refractivity contribution in [3.8, 4) is 6.07 Å². The fraction of sp³-hybridized carbons (Fsp3) is 0.556. The second-order valence-electron chi connectivity index (χ2n) is 7.10. The summed E-state index contributed by atoms with van der Waals surface area (Å²) in [5.41, 5.74) is 0.0990. The number of benzene rings is 1. The minimum absolute atomic E-state index is 0.00747. The summed E-state index contributed by atoms with van der Waals surface area (Å²) in [6, 6.07) is 6.19. The molecule has 2 aliphatic heterocycles. The van der Waals surface area contributed by atoms with Crippen LogP contribution in [0, 0.1) is 16.7 Å². The maximum atomic E-state index is 13.1. The summed E-state index contributed by atoms with van der Waals surface area (Å²) in [6.07, 6.45) is 2.57. The molecule has 2 N–H and O–H groups in total. The summed E-state index contributed by atoms with van der Waals surface area (Å²) in [6.45, 7) is 1.44. The Labute approximate surface area is 170 Å². The van der Waals surface area contributed by atoms with Gasteiger partial charge in [-0.3, -0.25) is 4.79 Å². The highest BCUT2D eigenvalue weighted by Gasteiger charge is 2.48. The van der Waals surface area contributed by atoms with E-state index in [2.05, 4.69) is 4.90 Å². The molecule has 154 valence electrons. The quantitative estimate of drug-likeness (QED) is 0.696. The van der Waals surface area contributed by atoms with Crippen LogP contribution in [0.3, 0.4) is 0 Å². The van der Waals surface area contributed by atoms with Crippen molar-refractivity contribution in [3.05, 3.63) is 28.8 Å². The number of piperidine rings is 2. The molecule has 2 atom stereocenters. The van der Waals surface area contributed by atoms with E-state index in [9.17, 15) is 13.5 Å². The summed E-state index contributed by atoms with van der Waals surface area (Å²) in [7, 11) is -1.76. The van der Waals surface area contributed by atoms with E-state index in [4.69, 9.17) is 26.8 Å². The second kappa shape index (κ2) is 9.20. The molecule has 0 radical (unpaired) electrons. The van der Waals surface area contributed by atoms with Gasteiger partial charge in [0.2, 0.25) is 10.0 Å². The topological polar surface area (TPSA) is 122 Å². The molecule has 28 heavy (non-hydrogen) atoms. The number of sulfonamides is 1. The number of nitriles is 1. The van der Waals surface area contributed by atoms with Gasteiger partial charge in [-0.15, -0.1) is 0 Å².